The van der Waals surface area contributed by atoms with Crippen molar-refractivity contribution in [1.29, 1.82) is 0 Å². The highest BCUT2D eigenvalue weighted by Crippen LogP contribution is 2.16. The summed E-state index contributed by atoms with van der Waals surface area (Å²) in [6.45, 7) is 0. The number of hydrogen-bond acceptors (Lipinski definition) is 3. The molecule has 0 amide bonds. The van der Waals surface area contributed by atoms with Crippen LogP contribution in [0.2, 0.25) is 0 Å². The van der Waals surface area contributed by atoms with Gasteiger partial charge in [-0.3, -0.25) is 9.47 Å². The van der Waals surface area contributed by atoms with Gasteiger partial charge in [0.05, 0.1) is 0 Å². The Morgan fingerprint density at radius 3 is 2.42 bits per heavy atom. The molecule has 0 atom stereocenters. The number of carboxylic acids is 1. The van der Waals surface area contributed by atoms with E-state index >= 15 is 0 Å². The number of nitrogens with one attached hydrogen (secondary N) is 1. The SMILES string of the molecule is CNn1cc(C(=O)O)c(=O)c(-c2ccc(F)cc2)c1. The average molecular weight is 262 g/mol. The summed E-state index contributed by atoms with van der Waals surface area (Å²) in [4.78, 5) is 23.1. The number of pyridine rings is 1. The number of rotatable bonds is 3. The molecule has 0 aliphatic carbocycles. The van der Waals surface area contributed by atoms with Crippen molar-refractivity contribution in [2.75, 3.05) is 12.5 Å². The van der Waals surface area contributed by atoms with Crippen molar-refractivity contribution in [3.8, 4) is 11.1 Å². The lowest BCUT2D eigenvalue weighted by Gasteiger charge is -2.09. The molecule has 0 spiro atoms. The zero-order valence-corrected chi connectivity index (χ0v) is 10.1. The lowest BCUT2D eigenvalue weighted by atomic mass is 10.1. The zero-order chi connectivity index (χ0) is 14.0. The summed E-state index contributed by atoms with van der Waals surface area (Å²) in [6.07, 6.45) is 2.65. The summed E-state index contributed by atoms with van der Waals surface area (Å²) in [6, 6.07) is 5.28. The number of carbonyl (C=O) groups is 1. The molecule has 0 aliphatic heterocycles. The molecular weight excluding hydrogens is 251 g/mol. The maximum absolute atomic E-state index is 12.9. The standard InChI is InChI=1S/C13H11FN2O3/c1-15-16-6-10(8-2-4-9(14)5-3-8)12(17)11(7-16)13(18)19/h2-7,15H,1H3,(H,18,19). The Morgan fingerprint density at radius 2 is 1.89 bits per heavy atom. The van der Waals surface area contributed by atoms with Gasteiger partial charge in [0, 0.05) is 25.0 Å². The first-order valence-electron chi connectivity index (χ1n) is 5.46. The van der Waals surface area contributed by atoms with Gasteiger partial charge in [-0.05, 0) is 17.7 Å². The van der Waals surface area contributed by atoms with E-state index in [1.807, 2.05) is 0 Å². The van der Waals surface area contributed by atoms with Gasteiger partial charge in [0.15, 0.2) is 0 Å². The van der Waals surface area contributed by atoms with Crippen LogP contribution in [0.5, 0.6) is 0 Å². The molecule has 6 heteroatoms. The van der Waals surface area contributed by atoms with Crippen molar-refractivity contribution in [2.24, 2.45) is 0 Å². The number of halogens is 1. The van der Waals surface area contributed by atoms with Crippen molar-refractivity contribution >= 4 is 5.97 Å². The molecule has 0 bridgehead atoms. The molecule has 5 nitrogen and oxygen atoms in total. The molecule has 2 rings (SSSR count). The van der Waals surface area contributed by atoms with E-state index in [-0.39, 0.29) is 11.1 Å². The topological polar surface area (TPSA) is 71.3 Å². The summed E-state index contributed by atoms with van der Waals surface area (Å²) >= 11 is 0. The van der Waals surface area contributed by atoms with Gasteiger partial charge in [0.1, 0.15) is 11.4 Å². The van der Waals surface area contributed by atoms with Crippen LogP contribution in [0.1, 0.15) is 10.4 Å². The largest absolute Gasteiger partial charge is 0.477 e. The molecule has 0 fully saturated rings. The van der Waals surface area contributed by atoms with Crippen LogP contribution in [0, 0.1) is 5.82 Å². The predicted octanol–water partition coefficient (Wildman–Crippen LogP) is 1.53. The van der Waals surface area contributed by atoms with Crippen molar-refractivity contribution in [3.63, 3.8) is 0 Å². The summed E-state index contributed by atoms with van der Waals surface area (Å²) in [7, 11) is 1.59. The molecule has 2 aromatic rings. The third-order valence-electron chi connectivity index (χ3n) is 2.67. The van der Waals surface area contributed by atoms with Gasteiger partial charge < -0.3 is 10.5 Å². The smallest absolute Gasteiger partial charge is 0.341 e. The van der Waals surface area contributed by atoms with Crippen LogP contribution in [-0.4, -0.2) is 22.8 Å². The number of aromatic carboxylic acids is 1. The molecule has 0 saturated heterocycles. The van der Waals surface area contributed by atoms with Crippen LogP contribution in [0.3, 0.4) is 0 Å². The highest BCUT2D eigenvalue weighted by Gasteiger charge is 2.14. The lowest BCUT2D eigenvalue weighted by molar-refractivity contribution is 0.0694. The minimum Gasteiger partial charge on any atom is -0.477 e. The van der Waals surface area contributed by atoms with Gasteiger partial charge in [-0.25, -0.2) is 9.18 Å². The van der Waals surface area contributed by atoms with E-state index in [0.717, 1.165) is 0 Å². The molecule has 0 unspecified atom stereocenters. The van der Waals surface area contributed by atoms with Gasteiger partial charge in [0.2, 0.25) is 5.43 Å². The number of nitrogens with zero attached hydrogens (tertiary/aromatic N) is 1. The number of benzene rings is 1. The van der Waals surface area contributed by atoms with Crippen LogP contribution >= 0.6 is 0 Å². The monoisotopic (exact) mass is 262 g/mol. The molecule has 1 aromatic carbocycles. The molecule has 19 heavy (non-hydrogen) atoms. The highest BCUT2D eigenvalue weighted by atomic mass is 19.1. The Labute approximate surface area is 107 Å². The first-order valence-corrected chi connectivity index (χ1v) is 5.46. The minimum atomic E-state index is -1.31. The van der Waals surface area contributed by atoms with Gasteiger partial charge in [-0.1, -0.05) is 12.1 Å². The fourth-order valence-corrected chi connectivity index (χ4v) is 1.69. The van der Waals surface area contributed by atoms with Gasteiger partial charge in [-0.2, -0.15) is 0 Å². The van der Waals surface area contributed by atoms with Crippen molar-refractivity contribution in [1.82, 2.24) is 4.68 Å². The number of hydrogen-bond donors (Lipinski definition) is 2. The van der Waals surface area contributed by atoms with Crippen LogP contribution < -0.4 is 10.9 Å². The van der Waals surface area contributed by atoms with Crippen molar-refractivity contribution in [2.45, 2.75) is 0 Å². The van der Waals surface area contributed by atoms with Gasteiger partial charge in [-0.15, -0.1) is 0 Å². The van der Waals surface area contributed by atoms with E-state index in [0.29, 0.717) is 5.56 Å². The van der Waals surface area contributed by atoms with E-state index in [1.54, 1.807) is 7.05 Å². The number of aromatic nitrogens is 1. The fourth-order valence-electron chi connectivity index (χ4n) is 1.69. The Morgan fingerprint density at radius 1 is 1.26 bits per heavy atom. The first kappa shape index (κ1) is 12.8. The van der Waals surface area contributed by atoms with Gasteiger partial charge >= 0.3 is 5.97 Å². The summed E-state index contributed by atoms with van der Waals surface area (Å²) in [5, 5.41) is 9.00. The third kappa shape index (κ3) is 2.47. The third-order valence-corrected chi connectivity index (χ3v) is 2.67. The van der Waals surface area contributed by atoms with Crippen LogP contribution in [0.15, 0.2) is 41.5 Å². The van der Waals surface area contributed by atoms with E-state index in [1.165, 1.54) is 41.3 Å². The quantitative estimate of drug-likeness (QED) is 0.879. The Kier molecular flexibility index (Phi) is 3.33. The second-order valence-corrected chi connectivity index (χ2v) is 3.86. The molecule has 98 valence electrons. The second kappa shape index (κ2) is 4.93. The van der Waals surface area contributed by atoms with Crippen molar-refractivity contribution in [3.05, 3.63) is 58.3 Å². The maximum atomic E-state index is 12.9. The molecule has 0 radical (unpaired) electrons. The zero-order valence-electron chi connectivity index (χ0n) is 10.1. The summed E-state index contributed by atoms with van der Waals surface area (Å²) < 4.78 is 14.2. The molecule has 2 N–H and O–H groups in total. The molecular formula is C13H11FN2O3. The second-order valence-electron chi connectivity index (χ2n) is 3.86. The Balaban J connectivity index is 2.68. The Bertz CT molecular complexity index is 677. The van der Waals surface area contributed by atoms with Crippen LogP contribution in [0.4, 0.5) is 4.39 Å². The fraction of sp³-hybridized carbons (Fsp3) is 0.0769. The van der Waals surface area contributed by atoms with Crippen LogP contribution in [-0.2, 0) is 0 Å². The predicted molar refractivity (Wildman–Crippen MR) is 68.3 cm³/mol. The Hall–Kier alpha value is -2.63. The maximum Gasteiger partial charge on any atom is 0.341 e. The molecule has 0 aliphatic rings. The minimum absolute atomic E-state index is 0.189. The molecule has 1 aromatic heterocycles. The summed E-state index contributed by atoms with van der Waals surface area (Å²) in [5.74, 6) is -1.73. The van der Waals surface area contributed by atoms with E-state index in [9.17, 15) is 14.0 Å². The van der Waals surface area contributed by atoms with Gasteiger partial charge in [0.25, 0.3) is 0 Å². The van der Waals surface area contributed by atoms with Crippen LogP contribution in [0.25, 0.3) is 11.1 Å². The average Bonchev–Trinajstić information content (AvgIpc) is 2.40. The molecule has 1 heterocycles. The van der Waals surface area contributed by atoms with Crippen molar-refractivity contribution < 1.29 is 14.3 Å². The number of carboxylic acid groups (broad SMARTS) is 1. The highest BCUT2D eigenvalue weighted by molar-refractivity contribution is 5.88. The van der Waals surface area contributed by atoms with E-state index < -0.39 is 17.2 Å². The van der Waals surface area contributed by atoms with E-state index in [4.69, 9.17) is 5.11 Å². The lowest BCUT2D eigenvalue weighted by Crippen LogP contribution is -2.22. The molecule has 0 saturated carbocycles. The normalized spacial score (nSPS) is 10.2. The summed E-state index contributed by atoms with van der Waals surface area (Å²) in [5.41, 5.74) is 2.40. The first-order chi connectivity index (χ1) is 9.02. The van der Waals surface area contributed by atoms with E-state index in [2.05, 4.69) is 5.43 Å².